The standard InChI is InChI=1S/C18H33N3O4/c1-13(2)15(22)19-11-9-7-8-10-12-20-16(23)14(3)21-17(24)25-18(4,5)6/h7-8,13-14H,9-12H2,1-6H3,(H,19,22)(H,20,23)(H,21,24). The Labute approximate surface area is 151 Å². The van der Waals surface area contributed by atoms with Gasteiger partial charge in [-0.3, -0.25) is 9.59 Å². The summed E-state index contributed by atoms with van der Waals surface area (Å²) in [5.74, 6) is -0.217. The summed E-state index contributed by atoms with van der Waals surface area (Å²) in [6, 6.07) is -0.662. The molecule has 0 aromatic carbocycles. The van der Waals surface area contributed by atoms with Crippen LogP contribution >= 0.6 is 0 Å². The first-order valence-corrected chi connectivity index (χ1v) is 8.73. The van der Waals surface area contributed by atoms with E-state index >= 15 is 0 Å². The van der Waals surface area contributed by atoms with Gasteiger partial charge in [0.05, 0.1) is 0 Å². The third-order valence-electron chi connectivity index (χ3n) is 3.04. The van der Waals surface area contributed by atoms with Crippen LogP contribution in [0.15, 0.2) is 12.2 Å². The highest BCUT2D eigenvalue weighted by atomic mass is 16.6. The van der Waals surface area contributed by atoms with Gasteiger partial charge in [-0.2, -0.15) is 0 Å². The van der Waals surface area contributed by atoms with Crippen molar-refractivity contribution in [3.63, 3.8) is 0 Å². The van der Waals surface area contributed by atoms with Gasteiger partial charge in [-0.25, -0.2) is 4.79 Å². The predicted molar refractivity (Wildman–Crippen MR) is 98.1 cm³/mol. The Bertz CT molecular complexity index is 467. The van der Waals surface area contributed by atoms with Crippen LogP contribution in [0.4, 0.5) is 4.79 Å². The Morgan fingerprint density at radius 2 is 1.40 bits per heavy atom. The molecule has 0 aromatic rings. The molecule has 0 aliphatic rings. The van der Waals surface area contributed by atoms with Crippen molar-refractivity contribution in [1.29, 1.82) is 0 Å². The van der Waals surface area contributed by atoms with Gasteiger partial charge >= 0.3 is 6.09 Å². The van der Waals surface area contributed by atoms with Crippen molar-refractivity contribution in [2.45, 2.75) is 66.0 Å². The molecule has 0 aliphatic carbocycles. The highest BCUT2D eigenvalue weighted by molar-refractivity contribution is 5.85. The fourth-order valence-electron chi connectivity index (χ4n) is 1.70. The Balaban J connectivity index is 3.83. The van der Waals surface area contributed by atoms with Crippen molar-refractivity contribution in [2.75, 3.05) is 13.1 Å². The van der Waals surface area contributed by atoms with E-state index in [0.29, 0.717) is 19.5 Å². The molecule has 0 radical (unpaired) electrons. The van der Waals surface area contributed by atoms with E-state index in [9.17, 15) is 14.4 Å². The molecule has 3 N–H and O–H groups in total. The molecule has 0 saturated heterocycles. The van der Waals surface area contributed by atoms with Crippen LogP contribution in [0.2, 0.25) is 0 Å². The number of rotatable bonds is 9. The van der Waals surface area contributed by atoms with Crippen LogP contribution in [-0.4, -0.2) is 42.6 Å². The Hall–Kier alpha value is -2.05. The molecule has 0 rings (SSSR count). The Morgan fingerprint density at radius 3 is 1.84 bits per heavy atom. The summed E-state index contributed by atoms with van der Waals surface area (Å²) in [5, 5.41) is 8.07. The molecule has 1 unspecified atom stereocenters. The van der Waals surface area contributed by atoms with Crippen molar-refractivity contribution in [2.24, 2.45) is 5.92 Å². The molecule has 0 aliphatic heterocycles. The molecule has 0 heterocycles. The normalized spacial score (nSPS) is 12.8. The van der Waals surface area contributed by atoms with Crippen molar-refractivity contribution in [3.8, 4) is 0 Å². The fourth-order valence-corrected chi connectivity index (χ4v) is 1.70. The van der Waals surface area contributed by atoms with E-state index in [-0.39, 0.29) is 17.7 Å². The zero-order chi connectivity index (χ0) is 19.5. The summed E-state index contributed by atoms with van der Waals surface area (Å²) < 4.78 is 5.10. The van der Waals surface area contributed by atoms with Gasteiger partial charge < -0.3 is 20.7 Å². The second-order valence-electron chi connectivity index (χ2n) is 7.15. The molecule has 0 fully saturated rings. The second-order valence-corrected chi connectivity index (χ2v) is 7.15. The zero-order valence-corrected chi connectivity index (χ0v) is 16.3. The van der Waals surface area contributed by atoms with E-state index in [4.69, 9.17) is 4.74 Å². The van der Waals surface area contributed by atoms with Gasteiger partial charge in [-0.1, -0.05) is 26.0 Å². The summed E-state index contributed by atoms with van der Waals surface area (Å²) in [6.07, 6.45) is 4.74. The first-order valence-electron chi connectivity index (χ1n) is 8.73. The molecule has 3 amide bonds. The third kappa shape index (κ3) is 13.0. The molecular weight excluding hydrogens is 322 g/mol. The van der Waals surface area contributed by atoms with Crippen molar-refractivity contribution in [1.82, 2.24) is 16.0 Å². The fraction of sp³-hybridized carbons (Fsp3) is 0.722. The van der Waals surface area contributed by atoms with Gasteiger partial charge in [-0.05, 0) is 40.5 Å². The average Bonchev–Trinajstić information content (AvgIpc) is 2.46. The van der Waals surface area contributed by atoms with Crippen LogP contribution in [0.3, 0.4) is 0 Å². The van der Waals surface area contributed by atoms with E-state index in [0.717, 1.165) is 6.42 Å². The molecule has 0 aromatic heterocycles. The monoisotopic (exact) mass is 355 g/mol. The lowest BCUT2D eigenvalue weighted by Gasteiger charge is -2.21. The summed E-state index contributed by atoms with van der Waals surface area (Å²) in [6.45, 7) is 11.7. The van der Waals surface area contributed by atoms with Crippen LogP contribution < -0.4 is 16.0 Å². The number of hydrogen-bond donors (Lipinski definition) is 3. The van der Waals surface area contributed by atoms with E-state index in [1.54, 1.807) is 27.7 Å². The largest absolute Gasteiger partial charge is 0.444 e. The molecule has 0 bridgehead atoms. The average molecular weight is 355 g/mol. The predicted octanol–water partition coefficient (Wildman–Crippen LogP) is 2.12. The smallest absolute Gasteiger partial charge is 0.408 e. The van der Waals surface area contributed by atoms with Gasteiger partial charge in [-0.15, -0.1) is 0 Å². The molecular formula is C18H33N3O4. The minimum atomic E-state index is -0.662. The number of alkyl carbamates (subject to hydrolysis) is 1. The molecule has 1 atom stereocenters. The maximum absolute atomic E-state index is 11.9. The minimum absolute atomic E-state index is 0.00419. The van der Waals surface area contributed by atoms with Crippen molar-refractivity contribution in [3.05, 3.63) is 12.2 Å². The number of carbonyl (C=O) groups is 3. The summed E-state index contributed by atoms with van der Waals surface area (Å²) in [4.78, 5) is 34.8. The third-order valence-corrected chi connectivity index (χ3v) is 3.04. The lowest BCUT2D eigenvalue weighted by Crippen LogP contribution is -2.46. The number of nitrogens with one attached hydrogen (secondary N) is 3. The van der Waals surface area contributed by atoms with Crippen LogP contribution in [0.1, 0.15) is 54.4 Å². The summed E-state index contributed by atoms with van der Waals surface area (Å²) >= 11 is 0. The maximum atomic E-state index is 11.9. The molecule has 7 nitrogen and oxygen atoms in total. The lowest BCUT2D eigenvalue weighted by atomic mass is 10.2. The van der Waals surface area contributed by atoms with Crippen LogP contribution in [0, 0.1) is 5.92 Å². The zero-order valence-electron chi connectivity index (χ0n) is 16.3. The maximum Gasteiger partial charge on any atom is 0.408 e. The van der Waals surface area contributed by atoms with Gasteiger partial charge in [0, 0.05) is 19.0 Å². The first-order chi connectivity index (χ1) is 11.5. The molecule has 7 heteroatoms. The summed E-state index contributed by atoms with van der Waals surface area (Å²) in [7, 11) is 0. The van der Waals surface area contributed by atoms with E-state index < -0.39 is 17.7 Å². The van der Waals surface area contributed by atoms with Crippen LogP contribution in [0.5, 0.6) is 0 Å². The van der Waals surface area contributed by atoms with Gasteiger partial charge in [0.2, 0.25) is 11.8 Å². The second kappa shape index (κ2) is 11.5. The van der Waals surface area contributed by atoms with Gasteiger partial charge in [0.1, 0.15) is 11.6 Å². The number of hydrogen-bond acceptors (Lipinski definition) is 4. The molecule has 0 spiro atoms. The Kier molecular flexibility index (Phi) is 10.6. The number of ether oxygens (including phenoxy) is 1. The molecule has 0 saturated carbocycles. The number of carbonyl (C=O) groups excluding carboxylic acids is 3. The van der Waals surface area contributed by atoms with E-state index in [1.165, 1.54) is 0 Å². The topological polar surface area (TPSA) is 96.5 Å². The number of amides is 3. The van der Waals surface area contributed by atoms with E-state index in [1.807, 2.05) is 26.0 Å². The van der Waals surface area contributed by atoms with Crippen LogP contribution in [-0.2, 0) is 14.3 Å². The van der Waals surface area contributed by atoms with Crippen molar-refractivity contribution < 1.29 is 19.1 Å². The lowest BCUT2D eigenvalue weighted by molar-refractivity contribution is -0.124. The van der Waals surface area contributed by atoms with Gasteiger partial charge in [0.15, 0.2) is 0 Å². The highest BCUT2D eigenvalue weighted by Gasteiger charge is 2.20. The van der Waals surface area contributed by atoms with Gasteiger partial charge in [0.25, 0.3) is 0 Å². The quantitative estimate of drug-likeness (QED) is 0.436. The SMILES string of the molecule is CC(C)C(=O)NCCC=CCCNC(=O)C(C)NC(=O)OC(C)(C)C. The van der Waals surface area contributed by atoms with Crippen molar-refractivity contribution >= 4 is 17.9 Å². The highest BCUT2D eigenvalue weighted by Crippen LogP contribution is 2.06. The molecule has 25 heavy (non-hydrogen) atoms. The summed E-state index contributed by atoms with van der Waals surface area (Å²) in [5.41, 5.74) is -0.598. The Morgan fingerprint density at radius 1 is 0.920 bits per heavy atom. The van der Waals surface area contributed by atoms with Crippen LogP contribution in [0.25, 0.3) is 0 Å². The first kappa shape index (κ1) is 22.9. The minimum Gasteiger partial charge on any atom is -0.444 e. The van der Waals surface area contributed by atoms with E-state index in [2.05, 4.69) is 16.0 Å². The molecule has 144 valence electrons.